The molecule has 0 bridgehead atoms. The quantitative estimate of drug-likeness (QED) is 0.780. The van der Waals surface area contributed by atoms with Gasteiger partial charge in [-0.3, -0.25) is 0 Å². The average molecular weight is 288 g/mol. The van der Waals surface area contributed by atoms with E-state index in [1.54, 1.807) is 6.07 Å². The molecular formula is C14H19ClFNO2. The molecule has 1 fully saturated rings. The normalized spacial score (nSPS) is 19.4. The van der Waals surface area contributed by atoms with Gasteiger partial charge in [-0.15, -0.1) is 0 Å². The zero-order chi connectivity index (χ0) is 13.9. The van der Waals surface area contributed by atoms with Crippen LogP contribution in [0.4, 0.5) is 10.1 Å². The highest BCUT2D eigenvalue weighted by Gasteiger charge is 2.33. The topological polar surface area (TPSA) is 52.5 Å². The Labute approximate surface area is 117 Å². The largest absolute Gasteiger partial charge is 0.391 e. The minimum Gasteiger partial charge on any atom is -0.391 e. The molecule has 1 aromatic rings. The molecule has 0 saturated heterocycles. The molecule has 0 amide bonds. The number of halogens is 2. The van der Waals surface area contributed by atoms with Crippen molar-refractivity contribution in [2.24, 2.45) is 0 Å². The number of hydrogen-bond acceptors (Lipinski definition) is 3. The van der Waals surface area contributed by atoms with Gasteiger partial charge in [-0.05, 0) is 31.0 Å². The van der Waals surface area contributed by atoms with Gasteiger partial charge < -0.3 is 15.5 Å². The Balaban J connectivity index is 1.82. The van der Waals surface area contributed by atoms with Gasteiger partial charge in [0.1, 0.15) is 5.82 Å². The predicted molar refractivity (Wildman–Crippen MR) is 73.9 cm³/mol. The summed E-state index contributed by atoms with van der Waals surface area (Å²) in [5.74, 6) is -0.465. The van der Waals surface area contributed by atoms with E-state index < -0.39 is 17.5 Å². The second kappa shape index (κ2) is 6.07. The van der Waals surface area contributed by atoms with E-state index in [0.29, 0.717) is 18.7 Å². The summed E-state index contributed by atoms with van der Waals surface area (Å²) >= 11 is 5.67. The third-order valence-corrected chi connectivity index (χ3v) is 3.90. The van der Waals surface area contributed by atoms with Crippen LogP contribution in [-0.2, 0) is 0 Å². The third kappa shape index (κ3) is 4.06. The maximum Gasteiger partial charge on any atom is 0.141 e. The highest BCUT2D eigenvalue weighted by molar-refractivity contribution is 6.31. The average Bonchev–Trinajstić information content (AvgIpc) is 2.77. The summed E-state index contributed by atoms with van der Waals surface area (Å²) in [6, 6.07) is 4.33. The monoisotopic (exact) mass is 287 g/mol. The van der Waals surface area contributed by atoms with Crippen molar-refractivity contribution in [3.8, 4) is 0 Å². The molecule has 106 valence electrons. The number of anilines is 1. The Bertz CT molecular complexity index is 435. The molecule has 1 atom stereocenters. The molecule has 0 radical (unpaired) electrons. The summed E-state index contributed by atoms with van der Waals surface area (Å²) in [5.41, 5.74) is -0.0643. The van der Waals surface area contributed by atoms with Crippen molar-refractivity contribution in [2.45, 2.75) is 43.8 Å². The van der Waals surface area contributed by atoms with E-state index in [0.717, 1.165) is 25.7 Å². The Kier molecular flexibility index (Phi) is 4.66. The maximum atomic E-state index is 13.0. The minimum absolute atomic E-state index is 0.0499. The van der Waals surface area contributed by atoms with Crippen molar-refractivity contribution >= 4 is 17.3 Å². The Hall–Kier alpha value is -0.840. The van der Waals surface area contributed by atoms with E-state index in [2.05, 4.69) is 5.32 Å². The highest BCUT2D eigenvalue weighted by Crippen LogP contribution is 2.33. The van der Waals surface area contributed by atoms with Crippen molar-refractivity contribution in [3.05, 3.63) is 29.0 Å². The number of benzene rings is 1. The van der Waals surface area contributed by atoms with Crippen molar-refractivity contribution in [1.29, 1.82) is 0 Å². The molecule has 1 unspecified atom stereocenters. The molecule has 1 saturated carbocycles. The lowest BCUT2D eigenvalue weighted by atomic mass is 9.94. The first-order chi connectivity index (χ1) is 8.98. The van der Waals surface area contributed by atoms with Crippen LogP contribution in [0.25, 0.3) is 0 Å². The predicted octanol–water partition coefficient (Wildman–Crippen LogP) is 2.95. The van der Waals surface area contributed by atoms with Gasteiger partial charge in [0, 0.05) is 18.7 Å². The number of rotatable bonds is 5. The summed E-state index contributed by atoms with van der Waals surface area (Å²) in [6.07, 6.45) is 3.29. The summed E-state index contributed by atoms with van der Waals surface area (Å²) < 4.78 is 13.0. The molecule has 19 heavy (non-hydrogen) atoms. The van der Waals surface area contributed by atoms with Crippen molar-refractivity contribution in [2.75, 3.05) is 11.9 Å². The van der Waals surface area contributed by atoms with Crippen LogP contribution in [0.5, 0.6) is 0 Å². The second-order valence-electron chi connectivity index (χ2n) is 5.30. The fourth-order valence-corrected chi connectivity index (χ4v) is 2.77. The van der Waals surface area contributed by atoms with Gasteiger partial charge in [0.2, 0.25) is 0 Å². The first-order valence-electron chi connectivity index (χ1n) is 6.58. The van der Waals surface area contributed by atoms with Crippen molar-refractivity contribution in [1.82, 2.24) is 0 Å². The van der Waals surface area contributed by atoms with Gasteiger partial charge in [-0.1, -0.05) is 24.4 Å². The number of nitrogens with one attached hydrogen (secondary N) is 1. The van der Waals surface area contributed by atoms with E-state index in [4.69, 9.17) is 11.6 Å². The standard InChI is InChI=1S/C14H19ClFNO2/c15-12-7-10(3-4-13(12)16)17-9-11(18)8-14(19)5-1-2-6-14/h3-4,7,11,17-19H,1-2,5-6,8-9H2. The number of hydrogen-bond donors (Lipinski definition) is 3. The molecule has 0 aromatic heterocycles. The lowest BCUT2D eigenvalue weighted by Crippen LogP contribution is -2.33. The van der Waals surface area contributed by atoms with Crippen molar-refractivity contribution in [3.63, 3.8) is 0 Å². The highest BCUT2D eigenvalue weighted by atomic mass is 35.5. The first-order valence-corrected chi connectivity index (χ1v) is 6.96. The van der Waals surface area contributed by atoms with Gasteiger partial charge in [-0.2, -0.15) is 0 Å². The van der Waals surface area contributed by atoms with Crippen LogP contribution in [0.2, 0.25) is 5.02 Å². The molecule has 5 heteroatoms. The summed E-state index contributed by atoms with van der Waals surface area (Å²) in [4.78, 5) is 0. The number of aliphatic hydroxyl groups is 2. The minimum atomic E-state index is -0.721. The Morgan fingerprint density at radius 3 is 2.68 bits per heavy atom. The van der Waals surface area contributed by atoms with E-state index >= 15 is 0 Å². The van der Waals surface area contributed by atoms with Crippen LogP contribution in [-0.4, -0.2) is 28.5 Å². The van der Waals surface area contributed by atoms with Gasteiger partial charge in [0.15, 0.2) is 0 Å². The number of aliphatic hydroxyl groups excluding tert-OH is 1. The van der Waals surface area contributed by atoms with E-state index in [1.165, 1.54) is 12.1 Å². The summed E-state index contributed by atoms with van der Waals surface area (Å²) in [5, 5.41) is 23.2. The van der Waals surface area contributed by atoms with Crippen molar-refractivity contribution < 1.29 is 14.6 Å². The molecule has 1 aromatic carbocycles. The molecular weight excluding hydrogens is 269 g/mol. The van der Waals surface area contributed by atoms with Crippen LogP contribution >= 0.6 is 11.6 Å². The van der Waals surface area contributed by atoms with E-state index in [-0.39, 0.29) is 5.02 Å². The molecule has 0 aliphatic heterocycles. The summed E-state index contributed by atoms with van der Waals surface area (Å²) in [6.45, 7) is 0.310. The summed E-state index contributed by atoms with van der Waals surface area (Å²) in [7, 11) is 0. The molecule has 1 aliphatic carbocycles. The maximum absolute atomic E-state index is 13.0. The smallest absolute Gasteiger partial charge is 0.141 e. The van der Waals surface area contributed by atoms with E-state index in [9.17, 15) is 14.6 Å². The van der Waals surface area contributed by atoms with Gasteiger partial charge in [0.05, 0.1) is 16.7 Å². The molecule has 3 nitrogen and oxygen atoms in total. The van der Waals surface area contributed by atoms with Gasteiger partial charge >= 0.3 is 0 Å². The Morgan fingerprint density at radius 1 is 1.37 bits per heavy atom. The molecule has 0 heterocycles. The third-order valence-electron chi connectivity index (χ3n) is 3.61. The zero-order valence-corrected chi connectivity index (χ0v) is 11.5. The van der Waals surface area contributed by atoms with Crippen LogP contribution in [0.1, 0.15) is 32.1 Å². The Morgan fingerprint density at radius 2 is 2.05 bits per heavy atom. The second-order valence-corrected chi connectivity index (χ2v) is 5.71. The van der Waals surface area contributed by atoms with Crippen LogP contribution in [0.3, 0.4) is 0 Å². The molecule has 3 N–H and O–H groups in total. The lowest BCUT2D eigenvalue weighted by Gasteiger charge is -2.25. The first kappa shape index (κ1) is 14.6. The van der Waals surface area contributed by atoms with Crippen LogP contribution < -0.4 is 5.32 Å². The van der Waals surface area contributed by atoms with Gasteiger partial charge in [0.25, 0.3) is 0 Å². The lowest BCUT2D eigenvalue weighted by molar-refractivity contribution is -0.00154. The zero-order valence-electron chi connectivity index (χ0n) is 10.7. The molecule has 0 spiro atoms. The van der Waals surface area contributed by atoms with Crippen LogP contribution in [0.15, 0.2) is 18.2 Å². The van der Waals surface area contributed by atoms with Crippen LogP contribution in [0, 0.1) is 5.82 Å². The molecule has 2 rings (SSSR count). The van der Waals surface area contributed by atoms with Gasteiger partial charge in [-0.25, -0.2) is 4.39 Å². The SMILES string of the molecule is OC(CNc1ccc(F)c(Cl)c1)CC1(O)CCCC1. The van der Waals surface area contributed by atoms with E-state index in [1.807, 2.05) is 0 Å². The fraction of sp³-hybridized carbons (Fsp3) is 0.571. The molecule has 1 aliphatic rings. The fourth-order valence-electron chi connectivity index (χ4n) is 2.59.